The Morgan fingerprint density at radius 3 is 2.40 bits per heavy atom. The maximum Gasteiger partial charge on any atom is 0.137 e. The second-order valence-corrected chi connectivity index (χ2v) is 4.72. The number of hydrogen-bond acceptors (Lipinski definition) is 2. The predicted molar refractivity (Wildman–Crippen MR) is 73.0 cm³/mol. The van der Waals surface area contributed by atoms with Crippen LogP contribution in [0.4, 0.5) is 8.78 Å². The molecule has 2 rings (SSSR count). The number of hydrogen-bond donors (Lipinski definition) is 1. The standard InChI is InChI=1S/C15H13ClF2O2/c1-20-15-6-5-9(7-11(15)16)14(19)8-10-12(17)3-2-4-13(10)18/h2-7,14,19H,8H2,1H3. The lowest BCUT2D eigenvalue weighted by Crippen LogP contribution is -2.06. The highest BCUT2D eigenvalue weighted by molar-refractivity contribution is 6.32. The van der Waals surface area contributed by atoms with E-state index in [0.717, 1.165) is 12.1 Å². The van der Waals surface area contributed by atoms with Gasteiger partial charge in [-0.2, -0.15) is 0 Å². The summed E-state index contributed by atoms with van der Waals surface area (Å²) in [5, 5.41) is 10.4. The smallest absolute Gasteiger partial charge is 0.137 e. The molecule has 1 atom stereocenters. The van der Waals surface area contributed by atoms with Gasteiger partial charge in [0.05, 0.1) is 18.2 Å². The van der Waals surface area contributed by atoms with E-state index in [2.05, 4.69) is 0 Å². The molecule has 0 aromatic heterocycles. The van der Waals surface area contributed by atoms with Gasteiger partial charge in [-0.1, -0.05) is 23.7 Å². The molecule has 0 heterocycles. The number of halogens is 3. The fourth-order valence-electron chi connectivity index (χ4n) is 1.93. The van der Waals surface area contributed by atoms with E-state index in [4.69, 9.17) is 16.3 Å². The van der Waals surface area contributed by atoms with Crippen LogP contribution < -0.4 is 4.74 Å². The predicted octanol–water partition coefficient (Wildman–Crippen LogP) is 3.90. The second-order valence-electron chi connectivity index (χ2n) is 4.31. The molecule has 2 aromatic carbocycles. The van der Waals surface area contributed by atoms with Crippen molar-refractivity contribution >= 4 is 11.6 Å². The molecule has 0 aliphatic heterocycles. The Balaban J connectivity index is 2.24. The topological polar surface area (TPSA) is 29.5 Å². The van der Waals surface area contributed by atoms with Crippen LogP contribution in [0.5, 0.6) is 5.75 Å². The molecule has 106 valence electrons. The first-order valence-electron chi connectivity index (χ1n) is 5.97. The van der Waals surface area contributed by atoms with E-state index in [1.165, 1.54) is 19.2 Å². The van der Waals surface area contributed by atoms with Crippen molar-refractivity contribution in [3.63, 3.8) is 0 Å². The minimum Gasteiger partial charge on any atom is -0.495 e. The van der Waals surface area contributed by atoms with Crippen LogP contribution in [-0.2, 0) is 6.42 Å². The summed E-state index contributed by atoms with van der Waals surface area (Å²) in [6.07, 6.45) is -1.22. The second kappa shape index (κ2) is 6.20. The molecule has 0 bridgehead atoms. The van der Waals surface area contributed by atoms with E-state index in [-0.39, 0.29) is 12.0 Å². The Morgan fingerprint density at radius 2 is 1.85 bits per heavy atom. The molecule has 0 aliphatic rings. The van der Waals surface area contributed by atoms with Crippen molar-refractivity contribution in [1.29, 1.82) is 0 Å². The Hall–Kier alpha value is -1.65. The minimum absolute atomic E-state index is 0.146. The number of rotatable bonds is 4. The van der Waals surface area contributed by atoms with Gasteiger partial charge in [-0.3, -0.25) is 0 Å². The minimum atomic E-state index is -1.05. The van der Waals surface area contributed by atoms with Crippen LogP contribution in [0.1, 0.15) is 17.2 Å². The Bertz CT molecular complexity index is 597. The van der Waals surface area contributed by atoms with Gasteiger partial charge in [0, 0.05) is 12.0 Å². The molecular weight excluding hydrogens is 286 g/mol. The van der Waals surface area contributed by atoms with E-state index in [9.17, 15) is 13.9 Å². The Kier molecular flexibility index (Phi) is 4.57. The molecule has 0 saturated heterocycles. The number of ether oxygens (including phenoxy) is 1. The van der Waals surface area contributed by atoms with Crippen molar-refractivity contribution < 1.29 is 18.6 Å². The molecular formula is C15H13ClF2O2. The van der Waals surface area contributed by atoms with Crippen molar-refractivity contribution in [1.82, 2.24) is 0 Å². The van der Waals surface area contributed by atoms with Crippen LogP contribution in [0, 0.1) is 11.6 Å². The molecule has 0 spiro atoms. The highest BCUT2D eigenvalue weighted by Crippen LogP contribution is 2.29. The van der Waals surface area contributed by atoms with Gasteiger partial charge in [0.1, 0.15) is 17.4 Å². The van der Waals surface area contributed by atoms with E-state index in [1.54, 1.807) is 12.1 Å². The quantitative estimate of drug-likeness (QED) is 0.927. The lowest BCUT2D eigenvalue weighted by Gasteiger charge is -2.13. The van der Waals surface area contributed by atoms with E-state index in [0.29, 0.717) is 16.3 Å². The molecule has 1 unspecified atom stereocenters. The third-order valence-electron chi connectivity index (χ3n) is 3.02. The maximum absolute atomic E-state index is 13.5. The lowest BCUT2D eigenvalue weighted by molar-refractivity contribution is 0.175. The van der Waals surface area contributed by atoms with Crippen molar-refractivity contribution in [3.05, 3.63) is 64.2 Å². The Morgan fingerprint density at radius 1 is 1.20 bits per heavy atom. The zero-order valence-electron chi connectivity index (χ0n) is 10.7. The molecule has 0 radical (unpaired) electrons. The van der Waals surface area contributed by atoms with E-state index in [1.807, 2.05) is 0 Å². The summed E-state index contributed by atoms with van der Waals surface area (Å²) < 4.78 is 32.1. The Labute approximate surface area is 120 Å². The summed E-state index contributed by atoms with van der Waals surface area (Å²) in [7, 11) is 1.48. The van der Waals surface area contributed by atoms with E-state index < -0.39 is 17.7 Å². The van der Waals surface area contributed by atoms with Crippen LogP contribution in [0.2, 0.25) is 5.02 Å². The average molecular weight is 299 g/mol. The first kappa shape index (κ1) is 14.8. The van der Waals surface area contributed by atoms with Gasteiger partial charge in [-0.05, 0) is 29.8 Å². The molecule has 2 nitrogen and oxygen atoms in total. The van der Waals surface area contributed by atoms with Crippen molar-refractivity contribution in [2.45, 2.75) is 12.5 Å². The van der Waals surface area contributed by atoms with Gasteiger partial charge in [0.15, 0.2) is 0 Å². The third-order valence-corrected chi connectivity index (χ3v) is 3.32. The van der Waals surface area contributed by atoms with Crippen LogP contribution in [0.25, 0.3) is 0 Å². The fraction of sp³-hybridized carbons (Fsp3) is 0.200. The molecule has 20 heavy (non-hydrogen) atoms. The third kappa shape index (κ3) is 3.08. The van der Waals surface area contributed by atoms with E-state index >= 15 is 0 Å². The molecule has 5 heteroatoms. The van der Waals surface area contributed by atoms with Gasteiger partial charge in [-0.25, -0.2) is 8.78 Å². The number of methoxy groups -OCH3 is 1. The zero-order valence-corrected chi connectivity index (χ0v) is 11.5. The largest absolute Gasteiger partial charge is 0.495 e. The monoisotopic (exact) mass is 298 g/mol. The number of aliphatic hydroxyl groups is 1. The molecule has 0 aliphatic carbocycles. The normalized spacial score (nSPS) is 12.2. The van der Waals surface area contributed by atoms with Crippen LogP contribution in [0.3, 0.4) is 0 Å². The molecule has 0 fully saturated rings. The van der Waals surface area contributed by atoms with Gasteiger partial charge in [0.2, 0.25) is 0 Å². The van der Waals surface area contributed by atoms with Gasteiger partial charge < -0.3 is 9.84 Å². The number of aliphatic hydroxyl groups excluding tert-OH is 1. The highest BCUT2D eigenvalue weighted by atomic mass is 35.5. The van der Waals surface area contributed by atoms with Crippen molar-refractivity contribution in [2.24, 2.45) is 0 Å². The summed E-state index contributed by atoms with van der Waals surface area (Å²) in [5.41, 5.74) is 0.324. The molecule has 0 saturated carbocycles. The van der Waals surface area contributed by atoms with Crippen molar-refractivity contribution in [2.75, 3.05) is 7.11 Å². The molecule has 0 amide bonds. The summed E-state index contributed by atoms with van der Waals surface area (Å²) in [6.45, 7) is 0. The first-order chi connectivity index (χ1) is 9.52. The van der Waals surface area contributed by atoms with Gasteiger partial charge in [0.25, 0.3) is 0 Å². The summed E-state index contributed by atoms with van der Waals surface area (Å²) in [4.78, 5) is 0. The number of benzene rings is 2. The molecule has 1 N–H and O–H groups in total. The molecule has 2 aromatic rings. The van der Waals surface area contributed by atoms with Gasteiger partial charge >= 0.3 is 0 Å². The van der Waals surface area contributed by atoms with Crippen LogP contribution in [-0.4, -0.2) is 12.2 Å². The lowest BCUT2D eigenvalue weighted by atomic mass is 10.0. The first-order valence-corrected chi connectivity index (χ1v) is 6.35. The van der Waals surface area contributed by atoms with Crippen molar-refractivity contribution in [3.8, 4) is 5.75 Å². The van der Waals surface area contributed by atoms with Crippen LogP contribution >= 0.6 is 11.6 Å². The van der Waals surface area contributed by atoms with Crippen LogP contribution in [0.15, 0.2) is 36.4 Å². The summed E-state index contributed by atoms with van der Waals surface area (Å²) in [5.74, 6) is -0.882. The maximum atomic E-state index is 13.5. The zero-order chi connectivity index (χ0) is 14.7. The van der Waals surface area contributed by atoms with Gasteiger partial charge in [-0.15, -0.1) is 0 Å². The summed E-state index contributed by atoms with van der Waals surface area (Å²) >= 11 is 5.95. The average Bonchev–Trinajstić information content (AvgIpc) is 2.42. The highest BCUT2D eigenvalue weighted by Gasteiger charge is 2.16. The fourth-order valence-corrected chi connectivity index (χ4v) is 2.19. The SMILES string of the molecule is COc1ccc(C(O)Cc2c(F)cccc2F)cc1Cl. The summed E-state index contributed by atoms with van der Waals surface area (Å²) in [6, 6.07) is 8.32.